The highest BCUT2D eigenvalue weighted by Gasteiger charge is 2.57. The average molecular weight is 289 g/mol. The summed E-state index contributed by atoms with van der Waals surface area (Å²) in [7, 11) is -1.64. The Hall–Kier alpha value is -0.660. The topological polar surface area (TPSA) is 78.5 Å². The molecule has 7 heteroatoms. The van der Waals surface area contributed by atoms with Crippen LogP contribution in [0.4, 0.5) is 0 Å². The van der Waals surface area contributed by atoms with Crippen LogP contribution in [0.3, 0.4) is 0 Å². The molecule has 1 saturated heterocycles. The molecule has 2 N–H and O–H groups in total. The minimum absolute atomic E-state index is 0.0869. The van der Waals surface area contributed by atoms with E-state index < -0.39 is 10.0 Å². The molecule has 2 aliphatic rings. The number of nitrogens with one attached hydrogen (secondary N) is 2. The molecule has 0 aromatic rings. The molecule has 1 aliphatic carbocycles. The minimum atomic E-state index is -3.16. The van der Waals surface area contributed by atoms with Gasteiger partial charge in [0.15, 0.2) is 0 Å². The number of rotatable bonds is 5. The number of likely N-dealkylation sites (N-methyl/N-ethyl adjacent to an activating group) is 1. The van der Waals surface area contributed by atoms with E-state index in [-0.39, 0.29) is 17.2 Å². The number of piperidine rings is 1. The second-order valence-corrected chi connectivity index (χ2v) is 7.83. The van der Waals surface area contributed by atoms with Gasteiger partial charge in [-0.15, -0.1) is 0 Å². The summed E-state index contributed by atoms with van der Waals surface area (Å²) in [5.74, 6) is 0.224. The van der Waals surface area contributed by atoms with E-state index in [9.17, 15) is 13.2 Å². The van der Waals surface area contributed by atoms with Crippen molar-refractivity contribution < 1.29 is 13.2 Å². The fourth-order valence-electron chi connectivity index (χ4n) is 2.82. The molecule has 2 rings (SSSR count). The molecule has 110 valence electrons. The quantitative estimate of drug-likeness (QED) is 0.707. The maximum Gasteiger partial charge on any atom is 0.223 e. The van der Waals surface area contributed by atoms with Crippen LogP contribution in [0.2, 0.25) is 0 Å². The van der Waals surface area contributed by atoms with Crippen molar-refractivity contribution in [1.29, 1.82) is 0 Å². The summed E-state index contributed by atoms with van der Waals surface area (Å²) in [5, 5.41) is 6.16. The highest BCUT2D eigenvalue weighted by molar-refractivity contribution is 7.88. The Balaban J connectivity index is 1.72. The van der Waals surface area contributed by atoms with Crippen molar-refractivity contribution in [1.82, 2.24) is 14.9 Å². The largest absolute Gasteiger partial charge is 0.355 e. The van der Waals surface area contributed by atoms with Crippen LogP contribution < -0.4 is 10.6 Å². The van der Waals surface area contributed by atoms with E-state index in [1.807, 2.05) is 0 Å². The first-order valence-electron chi connectivity index (χ1n) is 6.75. The van der Waals surface area contributed by atoms with E-state index in [0.29, 0.717) is 13.1 Å². The SMILES string of the molecule is CN(CCNC(=O)[C@@H]1CC12CCNCC2)S(C)(=O)=O. The lowest BCUT2D eigenvalue weighted by molar-refractivity contribution is -0.123. The van der Waals surface area contributed by atoms with E-state index in [1.165, 1.54) is 17.6 Å². The lowest BCUT2D eigenvalue weighted by Crippen LogP contribution is -2.38. The molecule has 1 heterocycles. The zero-order valence-corrected chi connectivity index (χ0v) is 12.4. The van der Waals surface area contributed by atoms with Crippen molar-refractivity contribution >= 4 is 15.9 Å². The van der Waals surface area contributed by atoms with Crippen molar-refractivity contribution in [3.63, 3.8) is 0 Å². The number of carbonyl (C=O) groups is 1. The minimum Gasteiger partial charge on any atom is -0.355 e. The number of sulfonamides is 1. The predicted octanol–water partition coefficient (Wildman–Crippen LogP) is -0.616. The third-order valence-corrected chi connectivity index (χ3v) is 5.71. The highest BCUT2D eigenvalue weighted by atomic mass is 32.2. The van der Waals surface area contributed by atoms with Crippen LogP contribution in [0.5, 0.6) is 0 Å². The molecule has 0 aromatic heterocycles. The number of hydrogen-bond acceptors (Lipinski definition) is 4. The predicted molar refractivity (Wildman–Crippen MR) is 73.1 cm³/mol. The standard InChI is InChI=1S/C12H23N3O3S/c1-15(19(2,17)18)8-7-14-11(16)10-9-12(10)3-5-13-6-4-12/h10,13H,3-9H2,1-2H3,(H,14,16)/t10-/m0/s1. The second-order valence-electron chi connectivity index (χ2n) is 5.74. The van der Waals surface area contributed by atoms with Gasteiger partial charge in [-0.2, -0.15) is 0 Å². The van der Waals surface area contributed by atoms with Crippen molar-refractivity contribution in [2.24, 2.45) is 11.3 Å². The maximum absolute atomic E-state index is 12.0. The Kier molecular flexibility index (Phi) is 4.17. The molecule has 0 aromatic carbocycles. The van der Waals surface area contributed by atoms with Gasteiger partial charge in [-0.05, 0) is 37.8 Å². The smallest absolute Gasteiger partial charge is 0.223 e. The molecular weight excluding hydrogens is 266 g/mol. The van der Waals surface area contributed by atoms with Gasteiger partial charge in [0, 0.05) is 26.1 Å². The lowest BCUT2D eigenvalue weighted by Gasteiger charge is -2.23. The molecular formula is C12H23N3O3S. The first kappa shape index (κ1) is 14.7. The molecule has 0 radical (unpaired) electrons. The van der Waals surface area contributed by atoms with Gasteiger partial charge in [-0.1, -0.05) is 0 Å². The van der Waals surface area contributed by atoms with Crippen molar-refractivity contribution in [3.05, 3.63) is 0 Å². The summed E-state index contributed by atoms with van der Waals surface area (Å²) >= 11 is 0. The van der Waals surface area contributed by atoms with E-state index >= 15 is 0 Å². The van der Waals surface area contributed by atoms with Crippen LogP contribution in [0, 0.1) is 11.3 Å². The third kappa shape index (κ3) is 3.46. The Morgan fingerprint density at radius 2 is 2.05 bits per heavy atom. The van der Waals surface area contributed by atoms with Gasteiger partial charge < -0.3 is 10.6 Å². The number of nitrogens with zero attached hydrogens (tertiary/aromatic N) is 1. The van der Waals surface area contributed by atoms with E-state index in [2.05, 4.69) is 10.6 Å². The fraction of sp³-hybridized carbons (Fsp3) is 0.917. The second kappa shape index (κ2) is 5.38. The number of amides is 1. The lowest BCUT2D eigenvalue weighted by atomic mass is 9.92. The molecule has 0 unspecified atom stereocenters. The van der Waals surface area contributed by atoms with Gasteiger partial charge >= 0.3 is 0 Å². The Morgan fingerprint density at radius 1 is 1.42 bits per heavy atom. The average Bonchev–Trinajstić information content (AvgIpc) is 3.02. The first-order chi connectivity index (χ1) is 8.85. The van der Waals surface area contributed by atoms with E-state index in [0.717, 1.165) is 32.4 Å². The molecule has 2 fully saturated rings. The van der Waals surface area contributed by atoms with Crippen LogP contribution in [0.25, 0.3) is 0 Å². The molecule has 6 nitrogen and oxygen atoms in total. The molecule has 1 spiro atoms. The highest BCUT2D eigenvalue weighted by Crippen LogP contribution is 2.58. The molecule has 19 heavy (non-hydrogen) atoms. The van der Waals surface area contributed by atoms with Crippen LogP contribution in [-0.4, -0.2) is 58.1 Å². The summed E-state index contributed by atoms with van der Waals surface area (Å²) < 4.78 is 23.7. The van der Waals surface area contributed by atoms with Crippen LogP contribution in [-0.2, 0) is 14.8 Å². The molecule has 1 saturated carbocycles. The van der Waals surface area contributed by atoms with Gasteiger partial charge in [-0.3, -0.25) is 4.79 Å². The normalized spacial score (nSPS) is 25.5. The Bertz CT molecular complexity index is 443. The fourth-order valence-corrected chi connectivity index (χ4v) is 3.24. The van der Waals surface area contributed by atoms with Crippen molar-refractivity contribution in [2.45, 2.75) is 19.3 Å². The van der Waals surface area contributed by atoms with Crippen molar-refractivity contribution in [3.8, 4) is 0 Å². The zero-order valence-electron chi connectivity index (χ0n) is 11.6. The number of carbonyl (C=O) groups excluding carboxylic acids is 1. The van der Waals surface area contributed by atoms with E-state index in [4.69, 9.17) is 0 Å². The summed E-state index contributed by atoms with van der Waals surface area (Å²) in [6.07, 6.45) is 4.31. The van der Waals surface area contributed by atoms with Crippen LogP contribution in [0.1, 0.15) is 19.3 Å². The van der Waals surface area contributed by atoms with Gasteiger partial charge in [0.25, 0.3) is 0 Å². The van der Waals surface area contributed by atoms with Gasteiger partial charge in [0.2, 0.25) is 15.9 Å². The molecule has 1 aliphatic heterocycles. The summed E-state index contributed by atoms with van der Waals surface area (Å²) in [6, 6.07) is 0. The van der Waals surface area contributed by atoms with Crippen molar-refractivity contribution in [2.75, 3.05) is 39.5 Å². The van der Waals surface area contributed by atoms with Gasteiger partial charge in [-0.25, -0.2) is 12.7 Å². The maximum atomic E-state index is 12.0. The van der Waals surface area contributed by atoms with Crippen LogP contribution in [0.15, 0.2) is 0 Å². The van der Waals surface area contributed by atoms with Gasteiger partial charge in [0.1, 0.15) is 0 Å². The number of hydrogen-bond donors (Lipinski definition) is 2. The van der Waals surface area contributed by atoms with Gasteiger partial charge in [0.05, 0.1) is 6.26 Å². The Labute approximate surface area is 115 Å². The summed E-state index contributed by atoms with van der Waals surface area (Å²) in [6.45, 7) is 2.71. The zero-order chi connectivity index (χ0) is 14.1. The molecule has 1 atom stereocenters. The molecule has 1 amide bonds. The Morgan fingerprint density at radius 3 is 2.63 bits per heavy atom. The molecule has 0 bridgehead atoms. The first-order valence-corrected chi connectivity index (χ1v) is 8.60. The summed E-state index contributed by atoms with van der Waals surface area (Å²) in [5.41, 5.74) is 0.234. The summed E-state index contributed by atoms with van der Waals surface area (Å²) in [4.78, 5) is 12.0. The van der Waals surface area contributed by atoms with E-state index in [1.54, 1.807) is 0 Å². The monoisotopic (exact) mass is 289 g/mol. The van der Waals surface area contributed by atoms with Crippen LogP contribution >= 0.6 is 0 Å². The third-order valence-electron chi connectivity index (χ3n) is 4.40.